The zero-order chi connectivity index (χ0) is 22.6. The number of aliphatic hydroxyl groups excluding tert-OH is 1. The molecule has 2 heterocycles. The van der Waals surface area contributed by atoms with E-state index in [1.165, 1.54) is 12.1 Å². The highest BCUT2D eigenvalue weighted by molar-refractivity contribution is 9.10. The highest BCUT2D eigenvalue weighted by atomic mass is 79.9. The van der Waals surface area contributed by atoms with Crippen molar-refractivity contribution < 1.29 is 18.3 Å². The molecular weight excluding hydrogens is 475 g/mol. The molecule has 3 N–H and O–H groups in total. The molecule has 0 spiro atoms. The Kier molecular flexibility index (Phi) is 7.11. The molecule has 0 aliphatic carbocycles. The van der Waals surface area contributed by atoms with Crippen LogP contribution in [0.3, 0.4) is 0 Å². The molecule has 0 unspecified atom stereocenters. The van der Waals surface area contributed by atoms with E-state index in [9.17, 15) is 18.3 Å². The molecule has 0 fully saturated rings. The number of pyridine rings is 1. The molecule has 0 amide bonds. The molecule has 1 atom stereocenters. The number of benzene rings is 1. The van der Waals surface area contributed by atoms with E-state index < -0.39 is 11.7 Å². The Bertz CT molecular complexity index is 1030. The van der Waals surface area contributed by atoms with Crippen LogP contribution >= 0.6 is 15.9 Å². The first-order valence-electron chi connectivity index (χ1n) is 9.48. The SMILES string of the molecule is CC(C)[C@@H](CO)Nc1nc(Nc2ccc(Br)c(C(F)(F)F)c2)cc(-c2ccncc2)n1. The van der Waals surface area contributed by atoms with Gasteiger partial charge in [-0.3, -0.25) is 4.98 Å². The van der Waals surface area contributed by atoms with Gasteiger partial charge in [-0.1, -0.05) is 29.8 Å². The number of hydrogen-bond donors (Lipinski definition) is 3. The maximum atomic E-state index is 13.3. The van der Waals surface area contributed by atoms with Crippen molar-refractivity contribution in [2.24, 2.45) is 5.92 Å². The quantitative estimate of drug-likeness (QED) is 0.401. The topological polar surface area (TPSA) is 83.0 Å². The van der Waals surface area contributed by atoms with Crippen LogP contribution in [0.1, 0.15) is 19.4 Å². The summed E-state index contributed by atoms with van der Waals surface area (Å²) in [5.41, 5.74) is 0.749. The van der Waals surface area contributed by atoms with Crippen LogP contribution in [0, 0.1) is 5.92 Å². The second kappa shape index (κ2) is 9.61. The summed E-state index contributed by atoms with van der Waals surface area (Å²) in [6, 6.07) is 8.74. The zero-order valence-electron chi connectivity index (χ0n) is 16.8. The van der Waals surface area contributed by atoms with Gasteiger partial charge >= 0.3 is 6.18 Å². The summed E-state index contributed by atoms with van der Waals surface area (Å²) >= 11 is 2.94. The molecule has 10 heteroatoms. The van der Waals surface area contributed by atoms with Crippen molar-refractivity contribution in [1.82, 2.24) is 15.0 Å². The Hall–Kier alpha value is -2.72. The lowest BCUT2D eigenvalue weighted by atomic mass is 10.1. The smallest absolute Gasteiger partial charge is 0.394 e. The lowest BCUT2D eigenvalue weighted by molar-refractivity contribution is -0.138. The molecule has 3 rings (SSSR count). The van der Waals surface area contributed by atoms with Crippen LogP contribution in [0.25, 0.3) is 11.3 Å². The number of nitrogens with zero attached hydrogens (tertiary/aromatic N) is 3. The highest BCUT2D eigenvalue weighted by Gasteiger charge is 2.33. The van der Waals surface area contributed by atoms with E-state index in [0.717, 1.165) is 11.6 Å². The van der Waals surface area contributed by atoms with Crippen LogP contribution in [0.4, 0.5) is 30.6 Å². The van der Waals surface area contributed by atoms with Crippen molar-refractivity contribution in [3.8, 4) is 11.3 Å². The predicted octanol–water partition coefficient (Wildman–Crippen LogP) is 5.49. The summed E-state index contributed by atoms with van der Waals surface area (Å²) in [6.45, 7) is 3.77. The van der Waals surface area contributed by atoms with E-state index in [0.29, 0.717) is 11.5 Å². The summed E-state index contributed by atoms with van der Waals surface area (Å²) in [7, 11) is 0. The van der Waals surface area contributed by atoms with Gasteiger partial charge in [-0.15, -0.1) is 0 Å². The first kappa shape index (κ1) is 23.0. The van der Waals surface area contributed by atoms with Gasteiger partial charge in [0.1, 0.15) is 5.82 Å². The van der Waals surface area contributed by atoms with Crippen LogP contribution < -0.4 is 10.6 Å². The largest absolute Gasteiger partial charge is 0.417 e. The summed E-state index contributed by atoms with van der Waals surface area (Å²) in [5, 5.41) is 15.6. The van der Waals surface area contributed by atoms with Crippen LogP contribution in [-0.2, 0) is 6.18 Å². The summed E-state index contributed by atoms with van der Waals surface area (Å²) < 4.78 is 39.7. The minimum Gasteiger partial charge on any atom is -0.394 e. The van der Waals surface area contributed by atoms with Crippen LogP contribution in [0.5, 0.6) is 0 Å². The third kappa shape index (κ3) is 5.92. The second-order valence-corrected chi connectivity index (χ2v) is 8.05. The number of nitrogens with one attached hydrogen (secondary N) is 2. The van der Waals surface area contributed by atoms with E-state index in [2.05, 4.69) is 41.5 Å². The molecule has 0 aliphatic heterocycles. The van der Waals surface area contributed by atoms with E-state index in [1.807, 2.05) is 13.8 Å². The minimum atomic E-state index is -4.50. The van der Waals surface area contributed by atoms with Crippen LogP contribution in [0.2, 0.25) is 0 Å². The van der Waals surface area contributed by atoms with Gasteiger partial charge in [-0.2, -0.15) is 18.2 Å². The number of rotatable bonds is 7. The van der Waals surface area contributed by atoms with E-state index in [4.69, 9.17) is 0 Å². The predicted molar refractivity (Wildman–Crippen MR) is 117 cm³/mol. The van der Waals surface area contributed by atoms with Gasteiger partial charge in [-0.25, -0.2) is 4.98 Å². The Morgan fingerprint density at radius 3 is 2.39 bits per heavy atom. The molecule has 0 bridgehead atoms. The number of anilines is 3. The average molecular weight is 496 g/mol. The number of aromatic nitrogens is 3. The number of halogens is 4. The van der Waals surface area contributed by atoms with Crippen molar-refractivity contribution in [3.05, 3.63) is 58.8 Å². The van der Waals surface area contributed by atoms with Crippen molar-refractivity contribution >= 4 is 33.4 Å². The molecule has 1 aromatic carbocycles. The number of aliphatic hydroxyl groups is 1. The molecule has 3 aromatic rings. The lowest BCUT2D eigenvalue weighted by Crippen LogP contribution is -2.30. The van der Waals surface area contributed by atoms with Gasteiger partial charge < -0.3 is 15.7 Å². The molecule has 0 radical (unpaired) electrons. The van der Waals surface area contributed by atoms with Crippen molar-refractivity contribution in [2.45, 2.75) is 26.1 Å². The van der Waals surface area contributed by atoms with Crippen LogP contribution in [-0.4, -0.2) is 32.7 Å². The van der Waals surface area contributed by atoms with Crippen molar-refractivity contribution in [3.63, 3.8) is 0 Å². The normalized spacial score (nSPS) is 12.6. The molecule has 0 saturated carbocycles. The van der Waals surface area contributed by atoms with E-state index >= 15 is 0 Å². The van der Waals surface area contributed by atoms with Crippen molar-refractivity contribution in [2.75, 3.05) is 17.2 Å². The third-order valence-electron chi connectivity index (χ3n) is 4.56. The summed E-state index contributed by atoms with van der Waals surface area (Å²) in [4.78, 5) is 12.9. The molecule has 0 saturated heterocycles. The molecule has 0 aliphatic rings. The molecular formula is C21H21BrF3N5O. The van der Waals surface area contributed by atoms with Gasteiger partial charge in [0.25, 0.3) is 0 Å². The first-order valence-corrected chi connectivity index (χ1v) is 10.3. The zero-order valence-corrected chi connectivity index (χ0v) is 18.4. The highest BCUT2D eigenvalue weighted by Crippen LogP contribution is 2.37. The molecule has 31 heavy (non-hydrogen) atoms. The fourth-order valence-corrected chi connectivity index (χ4v) is 3.27. The average Bonchev–Trinajstić information content (AvgIpc) is 2.73. The Morgan fingerprint density at radius 2 is 1.77 bits per heavy atom. The molecule has 164 valence electrons. The maximum absolute atomic E-state index is 13.3. The minimum absolute atomic E-state index is 0.0456. The van der Waals surface area contributed by atoms with Gasteiger partial charge in [0, 0.05) is 34.2 Å². The Balaban J connectivity index is 2.00. The number of alkyl halides is 3. The second-order valence-electron chi connectivity index (χ2n) is 7.19. The van der Waals surface area contributed by atoms with Gasteiger partial charge in [0.15, 0.2) is 0 Å². The standard InChI is InChI=1S/C21H21BrF3N5O/c1-12(2)18(11-31)29-20-28-17(13-5-7-26-8-6-13)10-19(30-20)27-14-3-4-16(22)15(9-14)21(23,24)25/h3-10,12,18,31H,11H2,1-2H3,(H2,27,28,29,30)/t18-/m1/s1. The fraction of sp³-hybridized carbons (Fsp3) is 0.286. The Morgan fingerprint density at radius 1 is 1.06 bits per heavy atom. The van der Waals surface area contributed by atoms with Gasteiger partial charge in [0.05, 0.1) is 23.9 Å². The number of hydrogen-bond acceptors (Lipinski definition) is 6. The monoisotopic (exact) mass is 495 g/mol. The summed E-state index contributed by atoms with van der Waals surface area (Å²) in [5.74, 6) is 0.660. The van der Waals surface area contributed by atoms with E-state index in [-0.39, 0.29) is 34.7 Å². The Labute approximate surface area is 186 Å². The first-order chi connectivity index (χ1) is 14.7. The molecule has 6 nitrogen and oxygen atoms in total. The fourth-order valence-electron chi connectivity index (χ4n) is 2.80. The van der Waals surface area contributed by atoms with E-state index in [1.54, 1.807) is 30.6 Å². The van der Waals surface area contributed by atoms with Gasteiger partial charge in [-0.05, 0) is 36.2 Å². The molecule has 2 aromatic heterocycles. The third-order valence-corrected chi connectivity index (χ3v) is 5.25. The van der Waals surface area contributed by atoms with Crippen LogP contribution in [0.15, 0.2) is 53.3 Å². The summed E-state index contributed by atoms with van der Waals surface area (Å²) in [6.07, 6.45) is -1.26. The maximum Gasteiger partial charge on any atom is 0.417 e. The lowest BCUT2D eigenvalue weighted by Gasteiger charge is -2.21. The van der Waals surface area contributed by atoms with Crippen molar-refractivity contribution in [1.29, 1.82) is 0 Å². The van der Waals surface area contributed by atoms with Gasteiger partial charge in [0.2, 0.25) is 5.95 Å².